The van der Waals surface area contributed by atoms with Crippen molar-refractivity contribution in [2.24, 2.45) is 5.92 Å². The second-order valence-electron chi connectivity index (χ2n) is 8.07. The zero-order valence-corrected chi connectivity index (χ0v) is 19.1. The minimum Gasteiger partial charge on any atom is -0.368 e. The Morgan fingerprint density at radius 3 is 2.33 bits per heavy atom. The highest BCUT2D eigenvalue weighted by atomic mass is 35.5. The molecule has 2 heterocycles. The number of carbonyl (C=O) groups excluding carboxylic acids is 1. The van der Waals surface area contributed by atoms with Crippen LogP contribution in [0.1, 0.15) is 18.4 Å². The lowest BCUT2D eigenvalue weighted by molar-refractivity contribution is -0.137. The van der Waals surface area contributed by atoms with E-state index in [1.54, 1.807) is 0 Å². The van der Waals surface area contributed by atoms with Gasteiger partial charge in [-0.05, 0) is 49.7 Å². The topological polar surface area (TPSA) is 26.8 Å². The highest BCUT2D eigenvalue weighted by molar-refractivity contribution is 6.36. The summed E-state index contributed by atoms with van der Waals surface area (Å²) in [7, 11) is 0. The van der Waals surface area contributed by atoms with Crippen LogP contribution in [0.15, 0.2) is 42.5 Å². The van der Waals surface area contributed by atoms with Crippen molar-refractivity contribution in [3.8, 4) is 0 Å². The van der Waals surface area contributed by atoms with Gasteiger partial charge < -0.3 is 9.80 Å². The van der Waals surface area contributed by atoms with Gasteiger partial charge in [0.2, 0.25) is 5.91 Å². The monoisotopic (exact) mass is 465 g/mol. The van der Waals surface area contributed by atoms with Gasteiger partial charge in [0.1, 0.15) is 0 Å². The Bertz CT molecular complexity index is 879. The molecule has 0 aromatic heterocycles. The van der Waals surface area contributed by atoms with Crippen molar-refractivity contribution >= 4 is 46.4 Å². The van der Waals surface area contributed by atoms with Gasteiger partial charge >= 0.3 is 0 Å². The minimum atomic E-state index is 0.0396. The molecule has 4 nitrogen and oxygen atoms in total. The van der Waals surface area contributed by atoms with E-state index in [2.05, 4.69) is 15.9 Å². The Kier molecular flexibility index (Phi) is 7.09. The summed E-state index contributed by atoms with van der Waals surface area (Å²) in [6.45, 7) is 5.57. The van der Waals surface area contributed by atoms with Crippen molar-refractivity contribution in [1.82, 2.24) is 9.80 Å². The van der Waals surface area contributed by atoms with Crippen molar-refractivity contribution in [2.75, 3.05) is 44.2 Å². The van der Waals surface area contributed by atoms with Crippen LogP contribution in [0.2, 0.25) is 15.1 Å². The lowest BCUT2D eigenvalue weighted by Gasteiger charge is -2.40. The Hall–Kier alpha value is -1.46. The van der Waals surface area contributed by atoms with Gasteiger partial charge in [-0.15, -0.1) is 0 Å². The molecule has 1 atom stereocenters. The molecule has 0 bridgehead atoms. The van der Waals surface area contributed by atoms with Crippen LogP contribution >= 0.6 is 34.8 Å². The fourth-order valence-corrected chi connectivity index (χ4v) is 5.13. The first-order chi connectivity index (χ1) is 14.5. The van der Waals surface area contributed by atoms with Gasteiger partial charge in [-0.1, -0.05) is 46.9 Å². The van der Waals surface area contributed by atoms with E-state index in [9.17, 15) is 4.79 Å². The maximum atomic E-state index is 13.2. The van der Waals surface area contributed by atoms with Gasteiger partial charge in [-0.2, -0.15) is 0 Å². The summed E-state index contributed by atoms with van der Waals surface area (Å²) in [5.41, 5.74) is 2.07. The smallest absolute Gasteiger partial charge is 0.227 e. The Balaban J connectivity index is 1.33. The molecule has 0 radical (unpaired) electrons. The molecular weight excluding hydrogens is 441 g/mol. The summed E-state index contributed by atoms with van der Waals surface area (Å²) < 4.78 is 0. The number of halogens is 3. The number of rotatable bonds is 4. The number of benzene rings is 2. The highest BCUT2D eigenvalue weighted by Crippen LogP contribution is 2.28. The van der Waals surface area contributed by atoms with Crippen LogP contribution < -0.4 is 4.90 Å². The molecule has 4 rings (SSSR count). The van der Waals surface area contributed by atoms with Crippen molar-refractivity contribution in [3.63, 3.8) is 0 Å². The van der Waals surface area contributed by atoms with Crippen LogP contribution in [0.5, 0.6) is 0 Å². The predicted octanol–water partition coefficient (Wildman–Crippen LogP) is 5.21. The number of anilines is 1. The minimum absolute atomic E-state index is 0.0396. The summed E-state index contributed by atoms with van der Waals surface area (Å²) in [6, 6.07) is 13.5. The molecule has 2 aliphatic rings. The van der Waals surface area contributed by atoms with Gasteiger partial charge in [0.15, 0.2) is 0 Å². The molecule has 2 aromatic carbocycles. The zero-order valence-electron chi connectivity index (χ0n) is 16.9. The molecule has 0 N–H and O–H groups in total. The maximum absolute atomic E-state index is 13.2. The summed E-state index contributed by atoms with van der Waals surface area (Å²) in [5.74, 6) is 0.313. The Morgan fingerprint density at radius 1 is 0.933 bits per heavy atom. The molecule has 1 amide bonds. The number of nitrogens with zero attached hydrogens (tertiary/aromatic N) is 3. The van der Waals surface area contributed by atoms with Gasteiger partial charge in [0.05, 0.1) is 5.92 Å². The second kappa shape index (κ2) is 9.78. The number of piperazine rings is 1. The van der Waals surface area contributed by atoms with E-state index < -0.39 is 0 Å². The lowest BCUT2D eigenvalue weighted by atomic mass is 9.95. The number of piperidine rings is 1. The molecule has 0 saturated carbocycles. The fourth-order valence-electron chi connectivity index (χ4n) is 4.42. The van der Waals surface area contributed by atoms with E-state index in [4.69, 9.17) is 34.8 Å². The third-order valence-corrected chi connectivity index (χ3v) is 7.01. The quantitative estimate of drug-likeness (QED) is 0.619. The standard InChI is InChI=1S/C23H26Cl3N3O/c24-18-5-1-6-19(14-18)28-10-12-29(13-11-28)23(30)17-4-3-9-27(15-17)16-20-21(25)7-2-8-22(20)26/h1-2,5-8,14,17H,3-4,9-13,15-16H2. The number of carbonyl (C=O) groups is 1. The summed E-state index contributed by atoms with van der Waals surface area (Å²) in [4.78, 5) is 19.8. The molecule has 160 valence electrons. The van der Waals surface area contributed by atoms with E-state index in [1.807, 2.05) is 41.3 Å². The zero-order chi connectivity index (χ0) is 21.1. The van der Waals surface area contributed by atoms with Gasteiger partial charge in [-0.3, -0.25) is 9.69 Å². The van der Waals surface area contributed by atoms with Crippen molar-refractivity contribution in [3.05, 3.63) is 63.1 Å². The van der Waals surface area contributed by atoms with Crippen LogP contribution in [-0.4, -0.2) is 55.0 Å². The molecule has 2 fully saturated rings. The third kappa shape index (κ3) is 5.05. The molecule has 0 aliphatic carbocycles. The Morgan fingerprint density at radius 2 is 1.63 bits per heavy atom. The van der Waals surface area contributed by atoms with Crippen LogP contribution in [0, 0.1) is 5.92 Å². The molecular formula is C23H26Cl3N3O. The van der Waals surface area contributed by atoms with Crippen LogP contribution in [0.4, 0.5) is 5.69 Å². The molecule has 0 spiro atoms. The molecule has 2 aliphatic heterocycles. The number of hydrogen-bond donors (Lipinski definition) is 0. The van der Waals surface area contributed by atoms with Crippen LogP contribution in [0.25, 0.3) is 0 Å². The molecule has 7 heteroatoms. The molecule has 1 unspecified atom stereocenters. The fraction of sp³-hybridized carbons (Fsp3) is 0.435. The average molecular weight is 467 g/mol. The largest absolute Gasteiger partial charge is 0.368 e. The average Bonchev–Trinajstić information content (AvgIpc) is 2.76. The van der Waals surface area contributed by atoms with E-state index >= 15 is 0 Å². The van der Waals surface area contributed by atoms with Crippen LogP contribution in [-0.2, 0) is 11.3 Å². The Labute approximate surface area is 193 Å². The predicted molar refractivity (Wildman–Crippen MR) is 125 cm³/mol. The SMILES string of the molecule is O=C(C1CCCN(Cc2c(Cl)cccc2Cl)C1)N1CCN(c2cccc(Cl)c2)CC1. The second-order valence-corrected chi connectivity index (χ2v) is 9.32. The van der Waals surface area contributed by atoms with E-state index in [0.29, 0.717) is 16.6 Å². The first kappa shape index (κ1) is 21.8. The highest BCUT2D eigenvalue weighted by Gasteiger charge is 2.31. The molecule has 2 aromatic rings. The number of hydrogen-bond acceptors (Lipinski definition) is 3. The van der Waals surface area contributed by atoms with E-state index in [1.165, 1.54) is 0 Å². The van der Waals surface area contributed by atoms with E-state index in [0.717, 1.165) is 68.4 Å². The number of amides is 1. The third-order valence-electron chi connectivity index (χ3n) is 6.06. The first-order valence-electron chi connectivity index (χ1n) is 10.5. The normalized spacial score (nSPS) is 20.4. The van der Waals surface area contributed by atoms with Crippen molar-refractivity contribution < 1.29 is 4.79 Å². The molecule has 30 heavy (non-hydrogen) atoms. The maximum Gasteiger partial charge on any atom is 0.227 e. The first-order valence-corrected chi connectivity index (χ1v) is 11.6. The van der Waals surface area contributed by atoms with Crippen LogP contribution in [0.3, 0.4) is 0 Å². The van der Waals surface area contributed by atoms with E-state index in [-0.39, 0.29) is 11.8 Å². The number of likely N-dealkylation sites (tertiary alicyclic amines) is 1. The van der Waals surface area contributed by atoms with Crippen molar-refractivity contribution in [1.29, 1.82) is 0 Å². The van der Waals surface area contributed by atoms with Crippen molar-refractivity contribution in [2.45, 2.75) is 19.4 Å². The lowest BCUT2D eigenvalue weighted by Crippen LogP contribution is -2.52. The van der Waals surface area contributed by atoms with Gasteiger partial charge in [-0.25, -0.2) is 0 Å². The summed E-state index contributed by atoms with van der Waals surface area (Å²) >= 11 is 18.8. The van der Waals surface area contributed by atoms with Gasteiger partial charge in [0, 0.05) is 65.6 Å². The van der Waals surface area contributed by atoms with Gasteiger partial charge in [0.25, 0.3) is 0 Å². The summed E-state index contributed by atoms with van der Waals surface area (Å²) in [5, 5.41) is 2.12. The summed E-state index contributed by atoms with van der Waals surface area (Å²) in [6.07, 6.45) is 1.96. The molecule has 2 saturated heterocycles.